The second-order valence-electron chi connectivity index (χ2n) is 4.49. The molecule has 0 radical (unpaired) electrons. The zero-order chi connectivity index (χ0) is 16.5. The lowest BCUT2D eigenvalue weighted by atomic mass is 10.0. The minimum atomic E-state index is -0.921. The average Bonchev–Trinajstić information content (AvgIpc) is 2.52. The van der Waals surface area contributed by atoms with Crippen LogP contribution in [0, 0.1) is 5.92 Å². The zero-order valence-electron chi connectivity index (χ0n) is 12.3. The fourth-order valence-electron chi connectivity index (χ4n) is 1.66. The standard InChI is InChI=1S/C15H17BrO6/c1-20-13(17)7-11(8-14(18)21-2)15(19)22-9-10-3-5-12(16)6-4-10/h3-6,11H,7-9H2,1-2H3. The van der Waals surface area contributed by atoms with Gasteiger partial charge in [-0.05, 0) is 17.7 Å². The van der Waals surface area contributed by atoms with Crippen LogP contribution in [0.3, 0.4) is 0 Å². The lowest BCUT2D eigenvalue weighted by Gasteiger charge is -2.14. The predicted octanol–water partition coefficient (Wildman–Crippen LogP) is 2.23. The molecular formula is C15H17BrO6. The molecule has 7 heteroatoms. The Morgan fingerprint density at radius 2 is 1.50 bits per heavy atom. The zero-order valence-corrected chi connectivity index (χ0v) is 13.9. The summed E-state index contributed by atoms with van der Waals surface area (Å²) in [6.45, 7) is 0.0605. The molecule has 0 bridgehead atoms. The highest BCUT2D eigenvalue weighted by molar-refractivity contribution is 9.10. The number of carbonyl (C=O) groups is 3. The number of rotatable bonds is 7. The van der Waals surface area contributed by atoms with E-state index in [0.717, 1.165) is 10.0 Å². The third-order valence-electron chi connectivity index (χ3n) is 2.91. The molecule has 1 aromatic carbocycles. The van der Waals surface area contributed by atoms with Crippen molar-refractivity contribution >= 4 is 33.8 Å². The minimum Gasteiger partial charge on any atom is -0.469 e. The van der Waals surface area contributed by atoms with Crippen molar-refractivity contribution in [1.82, 2.24) is 0 Å². The van der Waals surface area contributed by atoms with E-state index < -0.39 is 23.8 Å². The molecule has 0 unspecified atom stereocenters. The number of hydrogen-bond donors (Lipinski definition) is 0. The molecule has 0 atom stereocenters. The van der Waals surface area contributed by atoms with Gasteiger partial charge in [-0.2, -0.15) is 0 Å². The first-order valence-electron chi connectivity index (χ1n) is 6.51. The predicted molar refractivity (Wildman–Crippen MR) is 80.7 cm³/mol. The molecule has 0 spiro atoms. The maximum Gasteiger partial charge on any atom is 0.310 e. The summed E-state index contributed by atoms with van der Waals surface area (Å²) in [7, 11) is 2.43. The molecule has 0 aliphatic carbocycles. The van der Waals surface area contributed by atoms with Crippen molar-refractivity contribution in [2.45, 2.75) is 19.4 Å². The molecule has 0 saturated heterocycles. The summed E-state index contributed by atoms with van der Waals surface area (Å²) in [5, 5.41) is 0. The second-order valence-corrected chi connectivity index (χ2v) is 5.41. The van der Waals surface area contributed by atoms with Gasteiger partial charge in [-0.3, -0.25) is 14.4 Å². The quantitative estimate of drug-likeness (QED) is 0.539. The molecule has 0 saturated carbocycles. The highest BCUT2D eigenvalue weighted by Crippen LogP contribution is 2.16. The van der Waals surface area contributed by atoms with Crippen LogP contribution in [-0.2, 0) is 35.2 Å². The first-order valence-corrected chi connectivity index (χ1v) is 7.30. The van der Waals surface area contributed by atoms with E-state index >= 15 is 0 Å². The fraction of sp³-hybridized carbons (Fsp3) is 0.400. The van der Waals surface area contributed by atoms with Crippen LogP contribution < -0.4 is 0 Å². The Kier molecular flexibility index (Phi) is 7.59. The van der Waals surface area contributed by atoms with Gasteiger partial charge in [0, 0.05) is 4.47 Å². The summed E-state index contributed by atoms with van der Waals surface area (Å²) < 4.78 is 15.1. The highest BCUT2D eigenvalue weighted by atomic mass is 79.9. The van der Waals surface area contributed by atoms with Crippen LogP contribution in [-0.4, -0.2) is 32.1 Å². The van der Waals surface area contributed by atoms with E-state index in [2.05, 4.69) is 25.4 Å². The van der Waals surface area contributed by atoms with Crippen molar-refractivity contribution in [1.29, 1.82) is 0 Å². The summed E-state index contributed by atoms with van der Waals surface area (Å²) in [5.74, 6) is -2.74. The van der Waals surface area contributed by atoms with E-state index in [4.69, 9.17) is 4.74 Å². The van der Waals surface area contributed by atoms with Crippen LogP contribution in [0.2, 0.25) is 0 Å². The Bertz CT molecular complexity index is 507. The molecule has 0 amide bonds. The largest absolute Gasteiger partial charge is 0.469 e. The van der Waals surface area contributed by atoms with E-state index in [-0.39, 0.29) is 19.4 Å². The first kappa shape index (κ1) is 18.2. The maximum absolute atomic E-state index is 12.0. The van der Waals surface area contributed by atoms with Crippen molar-refractivity contribution in [2.24, 2.45) is 5.92 Å². The van der Waals surface area contributed by atoms with Gasteiger partial charge in [0.25, 0.3) is 0 Å². The summed E-state index contributed by atoms with van der Waals surface area (Å²) in [4.78, 5) is 34.7. The lowest BCUT2D eigenvalue weighted by Crippen LogP contribution is -2.24. The third-order valence-corrected chi connectivity index (χ3v) is 3.44. The van der Waals surface area contributed by atoms with Gasteiger partial charge in [0.2, 0.25) is 0 Å². The number of carbonyl (C=O) groups excluding carboxylic acids is 3. The van der Waals surface area contributed by atoms with Crippen LogP contribution in [0.5, 0.6) is 0 Å². The Morgan fingerprint density at radius 1 is 1.00 bits per heavy atom. The molecular weight excluding hydrogens is 356 g/mol. The van der Waals surface area contributed by atoms with Crippen molar-refractivity contribution in [3.63, 3.8) is 0 Å². The monoisotopic (exact) mass is 372 g/mol. The number of esters is 3. The molecule has 0 fully saturated rings. The van der Waals surface area contributed by atoms with Gasteiger partial charge < -0.3 is 14.2 Å². The Balaban J connectivity index is 2.63. The SMILES string of the molecule is COC(=O)CC(CC(=O)OC)C(=O)OCc1ccc(Br)cc1. The number of methoxy groups -OCH3 is 2. The number of benzene rings is 1. The van der Waals surface area contributed by atoms with Crippen LogP contribution in [0.1, 0.15) is 18.4 Å². The molecule has 1 aromatic rings. The second kappa shape index (κ2) is 9.19. The van der Waals surface area contributed by atoms with Gasteiger partial charge in [-0.15, -0.1) is 0 Å². The fourth-order valence-corrected chi connectivity index (χ4v) is 1.93. The van der Waals surface area contributed by atoms with Gasteiger partial charge in [-0.25, -0.2) is 0 Å². The van der Waals surface area contributed by atoms with E-state index in [1.54, 1.807) is 12.1 Å². The Morgan fingerprint density at radius 3 is 1.95 bits per heavy atom. The first-order chi connectivity index (χ1) is 10.5. The summed E-state index contributed by atoms with van der Waals surface area (Å²) in [5.41, 5.74) is 0.798. The smallest absolute Gasteiger partial charge is 0.310 e. The van der Waals surface area contributed by atoms with Crippen LogP contribution in [0.4, 0.5) is 0 Å². The third kappa shape index (κ3) is 6.26. The molecule has 0 aromatic heterocycles. The molecule has 6 nitrogen and oxygen atoms in total. The molecule has 120 valence electrons. The van der Waals surface area contributed by atoms with Crippen LogP contribution in [0.15, 0.2) is 28.7 Å². The normalized spacial score (nSPS) is 10.2. The van der Waals surface area contributed by atoms with Gasteiger partial charge in [0.15, 0.2) is 0 Å². The Labute approximate surface area is 136 Å². The highest BCUT2D eigenvalue weighted by Gasteiger charge is 2.27. The van der Waals surface area contributed by atoms with Gasteiger partial charge in [0.1, 0.15) is 6.61 Å². The van der Waals surface area contributed by atoms with Crippen LogP contribution >= 0.6 is 15.9 Å². The van der Waals surface area contributed by atoms with Crippen molar-refractivity contribution in [2.75, 3.05) is 14.2 Å². The summed E-state index contributed by atoms with van der Waals surface area (Å²) in [6.07, 6.45) is -0.463. The van der Waals surface area contributed by atoms with Gasteiger partial charge in [-0.1, -0.05) is 28.1 Å². The number of ether oxygens (including phenoxy) is 3. The molecule has 0 aliphatic rings. The van der Waals surface area contributed by atoms with Gasteiger partial charge in [0.05, 0.1) is 33.0 Å². The molecule has 22 heavy (non-hydrogen) atoms. The lowest BCUT2D eigenvalue weighted by molar-refractivity contribution is -0.158. The average molecular weight is 373 g/mol. The number of halogens is 1. The molecule has 1 rings (SSSR count). The molecule has 0 N–H and O–H groups in total. The Hall–Kier alpha value is -1.89. The summed E-state index contributed by atoms with van der Waals surface area (Å²) in [6, 6.07) is 7.24. The van der Waals surface area contributed by atoms with Crippen LogP contribution in [0.25, 0.3) is 0 Å². The maximum atomic E-state index is 12.0. The van der Waals surface area contributed by atoms with Crippen molar-refractivity contribution < 1.29 is 28.6 Å². The minimum absolute atomic E-state index is 0.0605. The van der Waals surface area contributed by atoms with E-state index in [0.29, 0.717) is 0 Å². The van der Waals surface area contributed by atoms with E-state index in [9.17, 15) is 14.4 Å². The van der Waals surface area contributed by atoms with E-state index in [1.807, 2.05) is 12.1 Å². The van der Waals surface area contributed by atoms with Gasteiger partial charge >= 0.3 is 17.9 Å². The topological polar surface area (TPSA) is 78.9 Å². The number of hydrogen-bond acceptors (Lipinski definition) is 6. The van der Waals surface area contributed by atoms with Crippen molar-refractivity contribution in [3.05, 3.63) is 34.3 Å². The van der Waals surface area contributed by atoms with E-state index in [1.165, 1.54) is 14.2 Å². The van der Waals surface area contributed by atoms with Crippen molar-refractivity contribution in [3.8, 4) is 0 Å². The molecule has 0 heterocycles. The summed E-state index contributed by atoms with van der Waals surface area (Å²) >= 11 is 3.31. The molecule has 0 aliphatic heterocycles.